The maximum Gasteiger partial charge on any atom is 0.335 e. The Labute approximate surface area is 222 Å². The molecule has 0 aromatic heterocycles. The van der Waals surface area contributed by atoms with Gasteiger partial charge >= 0.3 is 5.97 Å². The van der Waals surface area contributed by atoms with Crippen molar-refractivity contribution in [3.63, 3.8) is 0 Å². The number of thiocarbonyl (C=S) groups is 1. The number of carbonyl (C=O) groups excluding carboxylic acids is 2. The van der Waals surface area contributed by atoms with Gasteiger partial charge in [-0.25, -0.2) is 4.79 Å². The monoisotopic (exact) mass is 614 g/mol. The van der Waals surface area contributed by atoms with Crippen LogP contribution >= 0.6 is 44.1 Å². The van der Waals surface area contributed by atoms with Crippen LogP contribution in [0.25, 0.3) is 6.08 Å². The summed E-state index contributed by atoms with van der Waals surface area (Å²) in [6.45, 7) is 0.281. The summed E-state index contributed by atoms with van der Waals surface area (Å²) in [4.78, 5) is 38.5. The zero-order valence-corrected chi connectivity index (χ0v) is 21.8. The van der Waals surface area contributed by atoms with Crippen molar-refractivity contribution in [3.8, 4) is 5.75 Å². The van der Waals surface area contributed by atoms with Crippen LogP contribution in [-0.4, -0.2) is 28.0 Å². The zero-order chi connectivity index (χ0) is 25.1. The molecule has 3 aromatic rings. The number of hydrogen-bond donors (Lipinski definition) is 2. The van der Waals surface area contributed by atoms with E-state index in [1.807, 2.05) is 24.3 Å². The van der Waals surface area contributed by atoms with Crippen LogP contribution in [-0.2, 0) is 16.2 Å². The normalized spacial score (nSPS) is 14.7. The summed E-state index contributed by atoms with van der Waals surface area (Å²) in [5.74, 6) is -2.02. The van der Waals surface area contributed by atoms with Crippen molar-refractivity contribution in [1.29, 1.82) is 0 Å². The largest absolute Gasteiger partial charge is 0.488 e. The van der Waals surface area contributed by atoms with Crippen molar-refractivity contribution in [2.24, 2.45) is 0 Å². The maximum atomic E-state index is 13.3. The number of anilines is 1. The van der Waals surface area contributed by atoms with Gasteiger partial charge in [-0.3, -0.25) is 19.8 Å². The van der Waals surface area contributed by atoms with Crippen LogP contribution in [0.1, 0.15) is 21.5 Å². The summed E-state index contributed by atoms with van der Waals surface area (Å²) < 4.78 is 7.66. The number of halogens is 2. The standard InChI is InChI=1S/C25H16Br2N2O5S/c26-17-6-4-14(5-7-17)13-34-21-9-8-18(27)10-16(21)12-20-22(30)28-25(35)29(23(20)31)19-3-1-2-15(11-19)24(32)33/h1-12H,13H2,(H,32,33)(H,28,30,35). The molecule has 0 bridgehead atoms. The molecule has 0 saturated carbocycles. The lowest BCUT2D eigenvalue weighted by Crippen LogP contribution is -2.54. The van der Waals surface area contributed by atoms with E-state index >= 15 is 0 Å². The number of nitrogens with zero attached hydrogens (tertiary/aromatic N) is 1. The molecule has 1 saturated heterocycles. The third-order valence-electron chi connectivity index (χ3n) is 5.03. The van der Waals surface area contributed by atoms with E-state index in [4.69, 9.17) is 17.0 Å². The highest BCUT2D eigenvalue weighted by molar-refractivity contribution is 9.10. The Bertz CT molecular complexity index is 1390. The number of carboxylic acids is 1. The molecule has 1 fully saturated rings. The summed E-state index contributed by atoms with van der Waals surface area (Å²) >= 11 is 12.0. The Kier molecular flexibility index (Phi) is 7.44. The van der Waals surface area contributed by atoms with Crippen LogP contribution in [0.4, 0.5) is 5.69 Å². The fourth-order valence-corrected chi connectivity index (χ4v) is 4.25. The minimum absolute atomic E-state index is 0.0175. The number of benzene rings is 3. The number of rotatable bonds is 6. The lowest BCUT2D eigenvalue weighted by Gasteiger charge is -2.29. The Morgan fingerprint density at radius 1 is 1.03 bits per heavy atom. The first kappa shape index (κ1) is 24.8. The molecule has 0 unspecified atom stereocenters. The van der Waals surface area contributed by atoms with Gasteiger partial charge < -0.3 is 9.84 Å². The van der Waals surface area contributed by atoms with Crippen molar-refractivity contribution < 1.29 is 24.2 Å². The fourth-order valence-electron chi connectivity index (χ4n) is 3.33. The van der Waals surface area contributed by atoms with E-state index < -0.39 is 17.8 Å². The van der Waals surface area contributed by atoms with E-state index in [1.165, 1.54) is 30.3 Å². The Hall–Kier alpha value is -3.34. The van der Waals surface area contributed by atoms with Crippen LogP contribution < -0.4 is 15.0 Å². The van der Waals surface area contributed by atoms with Gasteiger partial charge in [0.25, 0.3) is 11.8 Å². The first-order valence-corrected chi connectivity index (χ1v) is 12.1. The first-order valence-electron chi connectivity index (χ1n) is 10.1. The molecule has 1 aliphatic heterocycles. The van der Waals surface area contributed by atoms with Crippen LogP contribution in [0.2, 0.25) is 0 Å². The van der Waals surface area contributed by atoms with E-state index in [1.54, 1.807) is 18.2 Å². The molecule has 0 atom stereocenters. The van der Waals surface area contributed by atoms with Gasteiger partial charge in [-0.1, -0.05) is 50.1 Å². The molecule has 4 rings (SSSR count). The molecule has 35 heavy (non-hydrogen) atoms. The fraction of sp³-hybridized carbons (Fsp3) is 0.0400. The van der Waals surface area contributed by atoms with E-state index in [9.17, 15) is 19.5 Å². The average molecular weight is 616 g/mol. The Morgan fingerprint density at radius 2 is 1.74 bits per heavy atom. The van der Waals surface area contributed by atoms with E-state index in [-0.39, 0.29) is 28.5 Å². The predicted octanol–water partition coefficient (Wildman–Crippen LogP) is 5.32. The van der Waals surface area contributed by atoms with Crippen molar-refractivity contribution in [1.82, 2.24) is 5.32 Å². The summed E-state index contributed by atoms with van der Waals surface area (Å²) in [7, 11) is 0. The number of carbonyl (C=O) groups is 3. The molecular formula is C25H16Br2N2O5S. The van der Waals surface area contributed by atoms with Gasteiger partial charge in [0.15, 0.2) is 5.11 Å². The number of ether oxygens (including phenoxy) is 1. The third kappa shape index (κ3) is 5.67. The summed E-state index contributed by atoms with van der Waals surface area (Å²) in [6.07, 6.45) is 1.43. The van der Waals surface area contributed by atoms with Crippen molar-refractivity contribution in [2.45, 2.75) is 6.61 Å². The second kappa shape index (κ2) is 10.5. The van der Waals surface area contributed by atoms with Gasteiger partial charge in [0.2, 0.25) is 0 Å². The smallest absolute Gasteiger partial charge is 0.335 e. The number of hydrogen-bond acceptors (Lipinski definition) is 5. The highest BCUT2D eigenvalue weighted by Crippen LogP contribution is 2.29. The van der Waals surface area contributed by atoms with Crippen LogP contribution in [0.5, 0.6) is 5.75 Å². The first-order chi connectivity index (χ1) is 16.7. The molecule has 176 valence electrons. The molecule has 0 radical (unpaired) electrons. The van der Waals surface area contributed by atoms with Crippen LogP contribution in [0.3, 0.4) is 0 Å². The Morgan fingerprint density at radius 3 is 2.46 bits per heavy atom. The van der Waals surface area contributed by atoms with Gasteiger partial charge in [-0.2, -0.15) is 0 Å². The van der Waals surface area contributed by atoms with Crippen molar-refractivity contribution in [2.75, 3.05) is 4.90 Å². The van der Waals surface area contributed by atoms with Crippen molar-refractivity contribution >= 4 is 78.7 Å². The van der Waals surface area contributed by atoms with E-state index in [0.717, 1.165) is 19.4 Å². The average Bonchev–Trinajstić information content (AvgIpc) is 2.82. The van der Waals surface area contributed by atoms with Gasteiger partial charge in [-0.05, 0) is 72.4 Å². The van der Waals surface area contributed by atoms with Crippen molar-refractivity contribution in [3.05, 3.63) is 97.9 Å². The van der Waals surface area contributed by atoms with Gasteiger partial charge in [0, 0.05) is 14.5 Å². The number of nitrogens with one attached hydrogen (secondary N) is 1. The predicted molar refractivity (Wildman–Crippen MR) is 142 cm³/mol. The quantitative estimate of drug-likeness (QED) is 0.221. The second-order valence-corrected chi connectivity index (χ2v) is 9.63. The lowest BCUT2D eigenvalue weighted by atomic mass is 10.1. The van der Waals surface area contributed by atoms with E-state index in [0.29, 0.717) is 11.3 Å². The van der Waals surface area contributed by atoms with Crippen LogP contribution in [0.15, 0.2) is 81.2 Å². The lowest BCUT2D eigenvalue weighted by molar-refractivity contribution is -0.122. The second-order valence-electron chi connectivity index (χ2n) is 7.41. The van der Waals surface area contributed by atoms with E-state index in [2.05, 4.69) is 37.2 Å². The number of amides is 2. The highest BCUT2D eigenvalue weighted by atomic mass is 79.9. The van der Waals surface area contributed by atoms with Gasteiger partial charge in [-0.15, -0.1) is 0 Å². The molecule has 10 heteroatoms. The molecular weight excluding hydrogens is 600 g/mol. The third-order valence-corrected chi connectivity index (χ3v) is 6.34. The molecule has 3 aromatic carbocycles. The number of aromatic carboxylic acids is 1. The summed E-state index contributed by atoms with van der Waals surface area (Å²) in [5, 5.41) is 11.7. The molecule has 0 aliphatic carbocycles. The minimum Gasteiger partial charge on any atom is -0.488 e. The van der Waals surface area contributed by atoms with Gasteiger partial charge in [0.1, 0.15) is 17.9 Å². The summed E-state index contributed by atoms with van der Waals surface area (Å²) in [6, 6.07) is 18.7. The van der Waals surface area contributed by atoms with Crippen LogP contribution in [0, 0.1) is 0 Å². The molecule has 0 spiro atoms. The topological polar surface area (TPSA) is 95.9 Å². The molecule has 2 N–H and O–H groups in total. The minimum atomic E-state index is -1.15. The number of carboxylic acid groups (broad SMARTS) is 1. The molecule has 1 heterocycles. The molecule has 1 aliphatic rings. The Balaban J connectivity index is 1.68. The maximum absolute atomic E-state index is 13.3. The molecule has 7 nitrogen and oxygen atoms in total. The molecule has 2 amide bonds. The van der Waals surface area contributed by atoms with Gasteiger partial charge in [0.05, 0.1) is 11.3 Å². The zero-order valence-electron chi connectivity index (χ0n) is 17.8. The summed E-state index contributed by atoms with van der Waals surface area (Å²) in [5.41, 5.74) is 1.48. The SMILES string of the molecule is O=C1NC(=S)N(c2cccc(C(=O)O)c2)C(=O)C1=Cc1cc(Br)ccc1OCc1ccc(Br)cc1. The highest BCUT2D eigenvalue weighted by Gasteiger charge is 2.35.